The summed E-state index contributed by atoms with van der Waals surface area (Å²) in [6.07, 6.45) is 2.89. The summed E-state index contributed by atoms with van der Waals surface area (Å²) in [6, 6.07) is 12.6. The Morgan fingerprint density at radius 3 is 2.64 bits per heavy atom. The summed E-state index contributed by atoms with van der Waals surface area (Å²) < 4.78 is 10.8. The standard InChI is InChI=1S/C25H25ClN2O5/c1-3-28(4-2)12-13-32-24(30)11-9-17-8-10-22-20(14-17)21(29)16-23(33-22)25(31)27-19-7-5-6-18(26)15-19/h5-11,14-16H,3-4,12-13H2,1-2H3,(H,27,31)/b11-9+. The van der Waals surface area contributed by atoms with Gasteiger partial charge < -0.3 is 19.4 Å². The molecular weight excluding hydrogens is 444 g/mol. The molecule has 0 fully saturated rings. The number of esters is 1. The van der Waals surface area contributed by atoms with Crippen molar-refractivity contribution in [1.82, 2.24) is 4.90 Å². The molecule has 1 amide bonds. The Bertz CT molecular complexity index is 1230. The second-order valence-electron chi connectivity index (χ2n) is 7.22. The fraction of sp³-hybridized carbons (Fsp3) is 0.240. The number of hydrogen-bond acceptors (Lipinski definition) is 6. The van der Waals surface area contributed by atoms with Gasteiger partial charge in [-0.3, -0.25) is 9.59 Å². The van der Waals surface area contributed by atoms with Crippen LogP contribution >= 0.6 is 11.6 Å². The van der Waals surface area contributed by atoms with Gasteiger partial charge in [-0.2, -0.15) is 0 Å². The summed E-state index contributed by atoms with van der Waals surface area (Å²) in [5.74, 6) is -1.14. The summed E-state index contributed by atoms with van der Waals surface area (Å²) in [4.78, 5) is 39.2. The fourth-order valence-electron chi connectivity index (χ4n) is 3.18. The molecule has 0 spiro atoms. The number of hydrogen-bond donors (Lipinski definition) is 1. The van der Waals surface area contributed by atoms with Gasteiger partial charge in [-0.1, -0.05) is 37.6 Å². The van der Waals surface area contributed by atoms with Crippen LogP contribution in [0.1, 0.15) is 30.0 Å². The lowest BCUT2D eigenvalue weighted by Gasteiger charge is -2.16. The van der Waals surface area contributed by atoms with Crippen LogP contribution in [-0.4, -0.2) is 43.0 Å². The zero-order chi connectivity index (χ0) is 23.8. The minimum atomic E-state index is -0.562. The molecule has 0 atom stereocenters. The predicted octanol–water partition coefficient (Wildman–Crippen LogP) is 4.60. The lowest BCUT2D eigenvalue weighted by atomic mass is 10.1. The number of carbonyl (C=O) groups excluding carboxylic acids is 2. The van der Waals surface area contributed by atoms with Crippen molar-refractivity contribution in [2.75, 3.05) is 31.6 Å². The van der Waals surface area contributed by atoms with Crippen LogP contribution in [0.4, 0.5) is 5.69 Å². The average Bonchev–Trinajstić information content (AvgIpc) is 2.80. The van der Waals surface area contributed by atoms with E-state index in [1.165, 1.54) is 6.08 Å². The normalized spacial score (nSPS) is 11.3. The summed E-state index contributed by atoms with van der Waals surface area (Å²) in [6.45, 7) is 6.89. The Hall–Kier alpha value is -3.42. The summed E-state index contributed by atoms with van der Waals surface area (Å²) in [7, 11) is 0. The van der Waals surface area contributed by atoms with Crippen LogP contribution in [0.25, 0.3) is 17.0 Å². The van der Waals surface area contributed by atoms with Gasteiger partial charge in [0, 0.05) is 29.4 Å². The minimum Gasteiger partial charge on any atom is -0.461 e. The van der Waals surface area contributed by atoms with Crippen LogP contribution in [0.3, 0.4) is 0 Å². The molecule has 1 N–H and O–H groups in total. The van der Waals surface area contributed by atoms with Gasteiger partial charge in [0.15, 0.2) is 11.2 Å². The number of ether oxygens (including phenoxy) is 1. The second kappa shape index (κ2) is 11.4. The number of fused-ring (bicyclic) bond motifs is 1. The summed E-state index contributed by atoms with van der Waals surface area (Å²) in [5, 5.41) is 3.42. The van der Waals surface area contributed by atoms with Crippen molar-refractivity contribution >= 4 is 46.2 Å². The molecule has 2 aromatic carbocycles. The largest absolute Gasteiger partial charge is 0.461 e. The van der Waals surface area contributed by atoms with E-state index >= 15 is 0 Å². The van der Waals surface area contributed by atoms with Gasteiger partial charge in [0.25, 0.3) is 5.91 Å². The van der Waals surface area contributed by atoms with Gasteiger partial charge in [0.2, 0.25) is 0 Å². The Balaban J connectivity index is 1.69. The highest BCUT2D eigenvalue weighted by molar-refractivity contribution is 6.30. The SMILES string of the molecule is CCN(CC)CCOC(=O)/C=C/c1ccc2oc(C(=O)Nc3cccc(Cl)c3)cc(=O)c2c1. The van der Waals surface area contributed by atoms with Crippen molar-refractivity contribution in [3.05, 3.63) is 81.2 Å². The maximum Gasteiger partial charge on any atom is 0.330 e. The number of amides is 1. The zero-order valence-corrected chi connectivity index (χ0v) is 19.2. The van der Waals surface area contributed by atoms with Crippen LogP contribution in [0, 0.1) is 0 Å². The molecule has 1 aromatic heterocycles. The van der Waals surface area contributed by atoms with Crippen LogP contribution in [0.2, 0.25) is 5.02 Å². The van der Waals surface area contributed by atoms with Crippen molar-refractivity contribution in [3.8, 4) is 0 Å². The molecule has 8 heteroatoms. The first-order valence-electron chi connectivity index (χ1n) is 10.6. The highest BCUT2D eigenvalue weighted by Gasteiger charge is 2.13. The molecule has 0 bridgehead atoms. The van der Waals surface area contributed by atoms with Crippen LogP contribution in [0.15, 0.2) is 63.8 Å². The monoisotopic (exact) mass is 468 g/mol. The third-order valence-corrected chi connectivity index (χ3v) is 5.25. The molecule has 0 aliphatic rings. The Labute approximate surface area is 196 Å². The van der Waals surface area contributed by atoms with Crippen molar-refractivity contribution in [3.63, 3.8) is 0 Å². The van der Waals surface area contributed by atoms with Crippen LogP contribution in [-0.2, 0) is 9.53 Å². The predicted molar refractivity (Wildman–Crippen MR) is 130 cm³/mol. The fourth-order valence-corrected chi connectivity index (χ4v) is 3.37. The number of anilines is 1. The second-order valence-corrected chi connectivity index (χ2v) is 7.66. The molecule has 0 unspecified atom stereocenters. The maximum atomic E-state index is 12.6. The number of halogens is 1. The first-order chi connectivity index (χ1) is 15.9. The molecule has 0 saturated heterocycles. The van der Waals surface area contributed by atoms with Crippen molar-refractivity contribution < 1.29 is 18.7 Å². The highest BCUT2D eigenvalue weighted by Crippen LogP contribution is 2.18. The Morgan fingerprint density at radius 2 is 1.91 bits per heavy atom. The van der Waals surface area contributed by atoms with E-state index in [0.717, 1.165) is 19.2 Å². The first-order valence-corrected chi connectivity index (χ1v) is 11.0. The van der Waals surface area contributed by atoms with Gasteiger partial charge in [-0.15, -0.1) is 0 Å². The number of likely N-dealkylation sites (N-methyl/N-ethyl adjacent to an activating group) is 1. The minimum absolute atomic E-state index is 0.118. The highest BCUT2D eigenvalue weighted by atomic mass is 35.5. The van der Waals surface area contributed by atoms with E-state index in [-0.39, 0.29) is 16.8 Å². The van der Waals surface area contributed by atoms with Gasteiger partial charge in [-0.05, 0) is 55.1 Å². The number of benzene rings is 2. The van der Waals surface area contributed by atoms with Crippen molar-refractivity contribution in [2.24, 2.45) is 0 Å². The number of nitrogens with zero attached hydrogens (tertiary/aromatic N) is 1. The molecule has 0 radical (unpaired) electrons. The molecule has 0 saturated carbocycles. The Kier molecular flexibility index (Phi) is 8.40. The van der Waals surface area contributed by atoms with Gasteiger partial charge in [0.05, 0.1) is 5.39 Å². The quantitative estimate of drug-likeness (QED) is 0.365. The van der Waals surface area contributed by atoms with Gasteiger partial charge >= 0.3 is 5.97 Å². The lowest BCUT2D eigenvalue weighted by Crippen LogP contribution is -2.27. The number of nitrogens with one attached hydrogen (secondary N) is 1. The van der Waals surface area contributed by atoms with Crippen molar-refractivity contribution in [2.45, 2.75) is 13.8 Å². The molecule has 172 valence electrons. The molecule has 7 nitrogen and oxygen atoms in total. The molecule has 1 heterocycles. The van der Waals surface area contributed by atoms with Crippen LogP contribution < -0.4 is 10.7 Å². The molecule has 3 rings (SSSR count). The molecule has 3 aromatic rings. The van der Waals surface area contributed by atoms with Crippen molar-refractivity contribution in [1.29, 1.82) is 0 Å². The smallest absolute Gasteiger partial charge is 0.330 e. The number of carbonyl (C=O) groups is 2. The van der Waals surface area contributed by atoms with E-state index < -0.39 is 11.9 Å². The van der Waals surface area contributed by atoms with E-state index in [0.29, 0.717) is 34.8 Å². The molecule has 0 aliphatic carbocycles. The lowest BCUT2D eigenvalue weighted by molar-refractivity contribution is -0.138. The van der Waals surface area contributed by atoms with Gasteiger partial charge in [0.1, 0.15) is 12.2 Å². The van der Waals surface area contributed by atoms with Crippen LogP contribution in [0.5, 0.6) is 0 Å². The average molecular weight is 469 g/mol. The van der Waals surface area contributed by atoms with E-state index in [1.54, 1.807) is 48.5 Å². The Morgan fingerprint density at radius 1 is 1.12 bits per heavy atom. The molecular formula is C25H25ClN2O5. The topological polar surface area (TPSA) is 88.8 Å². The molecule has 0 aliphatic heterocycles. The number of rotatable bonds is 9. The first kappa shape index (κ1) is 24.2. The summed E-state index contributed by atoms with van der Waals surface area (Å²) >= 11 is 5.93. The molecule has 33 heavy (non-hydrogen) atoms. The van der Waals surface area contributed by atoms with Gasteiger partial charge in [-0.25, -0.2) is 4.79 Å². The van der Waals surface area contributed by atoms with E-state index in [4.69, 9.17) is 20.8 Å². The third-order valence-electron chi connectivity index (χ3n) is 5.02. The maximum absolute atomic E-state index is 12.6. The summed E-state index contributed by atoms with van der Waals surface area (Å²) in [5.41, 5.74) is 1.01. The van der Waals surface area contributed by atoms with E-state index in [9.17, 15) is 14.4 Å². The third kappa shape index (κ3) is 6.78. The van der Waals surface area contributed by atoms with E-state index in [1.807, 2.05) is 0 Å². The van der Waals surface area contributed by atoms with E-state index in [2.05, 4.69) is 24.1 Å². The zero-order valence-electron chi connectivity index (χ0n) is 18.5.